The van der Waals surface area contributed by atoms with Crippen molar-refractivity contribution in [2.24, 2.45) is 0 Å². The van der Waals surface area contributed by atoms with Crippen molar-refractivity contribution in [3.8, 4) is 0 Å². The zero-order valence-electron chi connectivity index (χ0n) is 20.9. The molecule has 0 bridgehead atoms. The summed E-state index contributed by atoms with van der Waals surface area (Å²) in [6.45, 7) is 9.31. The van der Waals surface area contributed by atoms with Crippen molar-refractivity contribution in [2.45, 2.75) is 143 Å². The van der Waals surface area contributed by atoms with Crippen LogP contribution >= 0.6 is 17.2 Å². The molecule has 0 fully saturated rings. The maximum absolute atomic E-state index is 7.70. The maximum atomic E-state index is 7.70. The second kappa shape index (κ2) is 20.6. The van der Waals surface area contributed by atoms with Crippen LogP contribution in [0.2, 0.25) is 0 Å². The summed E-state index contributed by atoms with van der Waals surface area (Å²) < 4.78 is 0. The van der Waals surface area contributed by atoms with Gasteiger partial charge in [-0.2, -0.15) is 0 Å². The standard InChI is InChI=1S/C26H56ClP.H2O/c1-5-9-13-14-15-16-17-18-19-20-21-22-26-28(27,23-10-6-2,24-11-7-3)25-12-8-4;/h5-26H2,1-4H3;1H2. The van der Waals surface area contributed by atoms with Gasteiger partial charge in [0.25, 0.3) is 0 Å². The number of hydrogen-bond acceptors (Lipinski definition) is 0. The summed E-state index contributed by atoms with van der Waals surface area (Å²) >= 11 is 7.70. The van der Waals surface area contributed by atoms with E-state index in [2.05, 4.69) is 27.7 Å². The first kappa shape index (κ1) is 31.9. The quantitative estimate of drug-likeness (QED) is 0.115. The Labute approximate surface area is 190 Å². The molecule has 0 saturated heterocycles. The summed E-state index contributed by atoms with van der Waals surface area (Å²) in [5.41, 5.74) is 0. The van der Waals surface area contributed by atoms with E-state index in [1.54, 1.807) is 0 Å². The van der Waals surface area contributed by atoms with Crippen LogP contribution in [0.3, 0.4) is 0 Å². The van der Waals surface area contributed by atoms with Gasteiger partial charge in [0.2, 0.25) is 0 Å². The smallest absolute Gasteiger partial charge is 0.412 e. The minimum Gasteiger partial charge on any atom is -0.412 e. The van der Waals surface area contributed by atoms with E-state index < -0.39 is 5.96 Å². The molecule has 0 rings (SSSR count). The van der Waals surface area contributed by atoms with Gasteiger partial charge in [0.05, 0.1) is 0 Å². The third-order valence-electron chi connectivity index (χ3n) is 6.78. The van der Waals surface area contributed by atoms with Crippen molar-refractivity contribution in [1.29, 1.82) is 0 Å². The fourth-order valence-electron chi connectivity index (χ4n) is 4.68. The molecule has 0 aromatic heterocycles. The van der Waals surface area contributed by atoms with Gasteiger partial charge >= 0.3 is 172 Å². The monoisotopic (exact) mass is 452 g/mol. The normalized spacial score (nSPS) is 13.1. The first-order valence-corrected chi connectivity index (χ1v) is 17.1. The van der Waals surface area contributed by atoms with Crippen LogP contribution in [-0.2, 0) is 0 Å². The molecular weight excluding hydrogens is 395 g/mol. The summed E-state index contributed by atoms with van der Waals surface area (Å²) in [4.78, 5) is 0. The van der Waals surface area contributed by atoms with Crippen molar-refractivity contribution in [3.63, 3.8) is 0 Å². The third kappa shape index (κ3) is 17.0. The van der Waals surface area contributed by atoms with E-state index in [9.17, 15) is 0 Å². The van der Waals surface area contributed by atoms with Crippen molar-refractivity contribution in [3.05, 3.63) is 0 Å². The van der Waals surface area contributed by atoms with Crippen LogP contribution < -0.4 is 0 Å². The van der Waals surface area contributed by atoms with E-state index in [0.29, 0.717) is 0 Å². The molecule has 0 aliphatic rings. The summed E-state index contributed by atoms with van der Waals surface area (Å²) in [7, 11) is 0. The first-order chi connectivity index (χ1) is 13.5. The Hall–Kier alpha value is 0.680. The molecule has 0 atom stereocenters. The van der Waals surface area contributed by atoms with Crippen molar-refractivity contribution < 1.29 is 5.48 Å². The number of hydrogen-bond donors (Lipinski definition) is 0. The molecule has 3 heteroatoms. The number of halogens is 1. The molecule has 0 saturated carbocycles. The molecule has 0 radical (unpaired) electrons. The molecule has 0 amide bonds. The predicted molar refractivity (Wildman–Crippen MR) is 142 cm³/mol. The van der Waals surface area contributed by atoms with E-state index in [-0.39, 0.29) is 5.48 Å². The minimum absolute atomic E-state index is 0. The maximum Gasteiger partial charge on any atom is -0.412 e. The first-order valence-electron chi connectivity index (χ1n) is 13.3. The molecule has 0 aromatic rings. The zero-order valence-corrected chi connectivity index (χ0v) is 22.5. The molecule has 0 aliphatic carbocycles. The Kier molecular flexibility index (Phi) is 22.6. The van der Waals surface area contributed by atoms with Crippen LogP contribution in [0.25, 0.3) is 0 Å². The second-order valence-corrected chi connectivity index (χ2v) is 18.0. The van der Waals surface area contributed by atoms with Gasteiger partial charge in [-0.25, -0.2) is 0 Å². The van der Waals surface area contributed by atoms with E-state index >= 15 is 0 Å². The van der Waals surface area contributed by atoms with Gasteiger partial charge in [-0.1, -0.05) is 13.3 Å². The Morgan fingerprint density at radius 3 is 0.931 bits per heavy atom. The molecule has 0 heterocycles. The van der Waals surface area contributed by atoms with Crippen LogP contribution in [0, 0.1) is 0 Å². The molecule has 0 unspecified atom stereocenters. The van der Waals surface area contributed by atoms with Crippen LogP contribution in [0.4, 0.5) is 0 Å². The molecule has 0 aliphatic heterocycles. The van der Waals surface area contributed by atoms with Gasteiger partial charge in [0, 0.05) is 0 Å². The van der Waals surface area contributed by atoms with Gasteiger partial charge in [-0.05, 0) is 0 Å². The number of rotatable bonds is 22. The Morgan fingerprint density at radius 2 is 0.621 bits per heavy atom. The summed E-state index contributed by atoms with van der Waals surface area (Å²) in [6, 6.07) is 0. The van der Waals surface area contributed by atoms with E-state index in [1.807, 2.05) is 0 Å². The molecule has 2 N–H and O–H groups in total. The molecule has 180 valence electrons. The molecular formula is C26H58ClOP. The van der Waals surface area contributed by atoms with Crippen LogP contribution in [0.5, 0.6) is 0 Å². The van der Waals surface area contributed by atoms with Gasteiger partial charge in [0.15, 0.2) is 0 Å². The van der Waals surface area contributed by atoms with Gasteiger partial charge in [-0.15, -0.1) is 0 Å². The predicted octanol–water partition coefficient (Wildman–Crippen LogP) is 9.97. The minimum atomic E-state index is -1.97. The average Bonchev–Trinajstić information content (AvgIpc) is 2.71. The topological polar surface area (TPSA) is 31.5 Å². The zero-order chi connectivity index (χ0) is 21.0. The van der Waals surface area contributed by atoms with Gasteiger partial charge in [-0.3, -0.25) is 0 Å². The Bertz CT molecular complexity index is 310. The average molecular weight is 453 g/mol. The van der Waals surface area contributed by atoms with Crippen molar-refractivity contribution in [2.75, 3.05) is 24.6 Å². The Balaban J connectivity index is 0. The SMILES string of the molecule is CCCCCCCCCCCCCCP(Cl)(CCCC)(CCCC)CCCC.O. The van der Waals surface area contributed by atoms with Crippen LogP contribution in [0.1, 0.15) is 143 Å². The summed E-state index contributed by atoms with van der Waals surface area (Å²) in [6.07, 6.45) is 30.7. The summed E-state index contributed by atoms with van der Waals surface area (Å²) in [5.74, 6) is -1.97. The van der Waals surface area contributed by atoms with Crippen LogP contribution in [0.15, 0.2) is 0 Å². The molecule has 0 aromatic carbocycles. The molecule has 1 nitrogen and oxygen atoms in total. The number of unbranched alkanes of at least 4 members (excludes halogenated alkanes) is 14. The van der Waals surface area contributed by atoms with E-state index in [1.165, 1.54) is 140 Å². The van der Waals surface area contributed by atoms with Gasteiger partial charge < -0.3 is 5.48 Å². The van der Waals surface area contributed by atoms with Crippen LogP contribution in [-0.4, -0.2) is 30.1 Å². The fourth-order valence-corrected chi connectivity index (χ4v) is 11.8. The van der Waals surface area contributed by atoms with Gasteiger partial charge in [0.1, 0.15) is 0 Å². The van der Waals surface area contributed by atoms with Crippen molar-refractivity contribution in [1.82, 2.24) is 0 Å². The third-order valence-corrected chi connectivity index (χ3v) is 14.5. The van der Waals surface area contributed by atoms with E-state index in [0.717, 1.165) is 0 Å². The molecule has 0 spiro atoms. The largest absolute Gasteiger partial charge is 0.412 e. The van der Waals surface area contributed by atoms with Crippen molar-refractivity contribution >= 4 is 17.2 Å². The van der Waals surface area contributed by atoms with E-state index in [4.69, 9.17) is 11.2 Å². The summed E-state index contributed by atoms with van der Waals surface area (Å²) in [5, 5.41) is 0. The molecule has 29 heavy (non-hydrogen) atoms. The second-order valence-electron chi connectivity index (χ2n) is 9.66. The Morgan fingerprint density at radius 1 is 0.379 bits per heavy atom. The fraction of sp³-hybridized carbons (Fsp3) is 1.00.